The van der Waals surface area contributed by atoms with Crippen LogP contribution in [0.2, 0.25) is 0 Å². The van der Waals surface area contributed by atoms with Gasteiger partial charge in [-0.1, -0.05) is 26.0 Å². The average Bonchev–Trinajstić information content (AvgIpc) is 2.61. The van der Waals surface area contributed by atoms with Gasteiger partial charge in [0.25, 0.3) is 0 Å². The molecule has 0 saturated carbocycles. The molecule has 1 aromatic carbocycles. The van der Waals surface area contributed by atoms with Gasteiger partial charge in [-0.15, -0.1) is 0 Å². The fourth-order valence-electron chi connectivity index (χ4n) is 2.33. The molecule has 130 valence electrons. The Balaban J connectivity index is 2.07. The smallest absolute Gasteiger partial charge is 0.244 e. The maximum atomic E-state index is 12.4. The van der Waals surface area contributed by atoms with E-state index in [0.29, 0.717) is 25.5 Å². The molecule has 0 radical (unpaired) electrons. The molecule has 2 aromatic rings. The van der Waals surface area contributed by atoms with Gasteiger partial charge in [0, 0.05) is 25.8 Å². The first-order valence-electron chi connectivity index (χ1n) is 7.84. The van der Waals surface area contributed by atoms with Crippen molar-refractivity contribution in [3.63, 3.8) is 0 Å². The van der Waals surface area contributed by atoms with Gasteiger partial charge in [-0.05, 0) is 29.8 Å². The summed E-state index contributed by atoms with van der Waals surface area (Å²) in [7, 11) is -1.84. The lowest BCUT2D eigenvalue weighted by Gasteiger charge is -2.18. The summed E-state index contributed by atoms with van der Waals surface area (Å²) in [6.45, 7) is 5.09. The van der Waals surface area contributed by atoms with Crippen molar-refractivity contribution < 1.29 is 13.2 Å². The van der Waals surface area contributed by atoms with E-state index in [9.17, 15) is 8.42 Å². The third-order valence-electron chi connectivity index (χ3n) is 3.69. The maximum absolute atomic E-state index is 12.4. The Morgan fingerprint density at radius 1 is 1.17 bits per heavy atom. The summed E-state index contributed by atoms with van der Waals surface area (Å²) in [4.78, 5) is 4.41. The molecule has 0 spiro atoms. The number of rotatable bonds is 8. The predicted molar refractivity (Wildman–Crippen MR) is 94.7 cm³/mol. The molecule has 0 aliphatic heterocycles. The molecule has 0 saturated heterocycles. The van der Waals surface area contributed by atoms with Crippen LogP contribution in [0.4, 0.5) is 5.82 Å². The first-order chi connectivity index (χ1) is 11.5. The van der Waals surface area contributed by atoms with E-state index in [-0.39, 0.29) is 4.90 Å². The average molecular weight is 349 g/mol. The van der Waals surface area contributed by atoms with E-state index in [4.69, 9.17) is 4.74 Å². The molecule has 2 rings (SSSR count). The monoisotopic (exact) mass is 349 g/mol. The second kappa shape index (κ2) is 8.12. The number of methoxy groups -OCH3 is 1. The molecule has 0 fully saturated rings. The molecule has 7 heteroatoms. The van der Waals surface area contributed by atoms with Crippen LogP contribution in [0.3, 0.4) is 0 Å². The zero-order valence-electron chi connectivity index (χ0n) is 14.2. The molecule has 0 aliphatic carbocycles. The Hall–Kier alpha value is -2.12. The third-order valence-corrected chi connectivity index (χ3v) is 5.72. The van der Waals surface area contributed by atoms with Crippen molar-refractivity contribution in [2.24, 2.45) is 0 Å². The number of hydrogen-bond donors (Lipinski definition) is 1. The second-order valence-corrected chi connectivity index (χ2v) is 7.11. The van der Waals surface area contributed by atoms with Gasteiger partial charge in [0.15, 0.2) is 0 Å². The SMILES string of the molecule is CCN(CC)S(=O)(=O)c1ccc(NCc2cccc(OC)c2)nc1. The Kier molecular flexibility index (Phi) is 6.16. The molecule has 0 aliphatic rings. The number of nitrogens with zero attached hydrogens (tertiary/aromatic N) is 2. The van der Waals surface area contributed by atoms with Gasteiger partial charge in [-0.2, -0.15) is 4.31 Å². The first kappa shape index (κ1) is 18.2. The minimum atomic E-state index is -3.47. The Bertz CT molecular complexity index is 757. The van der Waals surface area contributed by atoms with E-state index < -0.39 is 10.0 Å². The number of hydrogen-bond acceptors (Lipinski definition) is 5. The Labute approximate surface area is 143 Å². The van der Waals surface area contributed by atoms with Crippen molar-refractivity contribution >= 4 is 15.8 Å². The lowest BCUT2D eigenvalue weighted by Crippen LogP contribution is -2.30. The van der Waals surface area contributed by atoms with Crippen LogP contribution >= 0.6 is 0 Å². The molecular formula is C17H23N3O3S. The topological polar surface area (TPSA) is 71.5 Å². The zero-order valence-corrected chi connectivity index (χ0v) is 15.0. The van der Waals surface area contributed by atoms with Crippen molar-refractivity contribution in [2.75, 3.05) is 25.5 Å². The third kappa shape index (κ3) is 4.24. The quantitative estimate of drug-likeness (QED) is 0.793. The molecule has 0 bridgehead atoms. The largest absolute Gasteiger partial charge is 0.497 e. The molecular weight excluding hydrogens is 326 g/mol. The highest BCUT2D eigenvalue weighted by Crippen LogP contribution is 2.17. The minimum Gasteiger partial charge on any atom is -0.497 e. The van der Waals surface area contributed by atoms with Crippen LogP contribution in [-0.4, -0.2) is 37.9 Å². The lowest BCUT2D eigenvalue weighted by atomic mass is 10.2. The molecule has 0 unspecified atom stereocenters. The number of nitrogens with one attached hydrogen (secondary N) is 1. The van der Waals surface area contributed by atoms with Gasteiger partial charge in [0.05, 0.1) is 7.11 Å². The predicted octanol–water partition coefficient (Wildman–Crippen LogP) is 2.73. The van der Waals surface area contributed by atoms with Gasteiger partial charge in [0.2, 0.25) is 10.0 Å². The number of aromatic nitrogens is 1. The minimum absolute atomic E-state index is 0.207. The van der Waals surface area contributed by atoms with Crippen molar-refractivity contribution in [3.8, 4) is 5.75 Å². The van der Waals surface area contributed by atoms with Gasteiger partial charge in [-0.25, -0.2) is 13.4 Å². The fraction of sp³-hybridized carbons (Fsp3) is 0.353. The molecule has 1 N–H and O–H groups in total. The van der Waals surface area contributed by atoms with Crippen molar-refractivity contribution in [1.29, 1.82) is 0 Å². The molecule has 1 aromatic heterocycles. The maximum Gasteiger partial charge on any atom is 0.244 e. The highest BCUT2D eigenvalue weighted by molar-refractivity contribution is 7.89. The van der Waals surface area contributed by atoms with E-state index in [0.717, 1.165) is 11.3 Å². The summed E-state index contributed by atoms with van der Waals surface area (Å²) in [6.07, 6.45) is 1.39. The van der Waals surface area contributed by atoms with Gasteiger partial charge < -0.3 is 10.1 Å². The van der Waals surface area contributed by atoms with E-state index in [2.05, 4.69) is 10.3 Å². The molecule has 6 nitrogen and oxygen atoms in total. The Morgan fingerprint density at radius 2 is 1.92 bits per heavy atom. The number of anilines is 1. The molecule has 1 heterocycles. The molecule has 0 atom stereocenters. The van der Waals surface area contributed by atoms with E-state index in [1.807, 2.05) is 38.1 Å². The highest BCUT2D eigenvalue weighted by Gasteiger charge is 2.21. The fourth-order valence-corrected chi connectivity index (χ4v) is 3.73. The number of pyridine rings is 1. The second-order valence-electron chi connectivity index (χ2n) is 5.17. The normalized spacial score (nSPS) is 11.5. The summed E-state index contributed by atoms with van der Waals surface area (Å²) in [6, 6.07) is 11.0. The highest BCUT2D eigenvalue weighted by atomic mass is 32.2. The molecule has 0 amide bonds. The number of sulfonamides is 1. The van der Waals surface area contributed by atoms with E-state index in [1.165, 1.54) is 10.5 Å². The Morgan fingerprint density at radius 3 is 2.50 bits per heavy atom. The van der Waals surface area contributed by atoms with Crippen LogP contribution in [0.5, 0.6) is 5.75 Å². The van der Waals surface area contributed by atoms with Gasteiger partial charge in [-0.3, -0.25) is 0 Å². The summed E-state index contributed by atoms with van der Waals surface area (Å²) in [5.74, 6) is 1.42. The summed E-state index contributed by atoms with van der Waals surface area (Å²) in [5.41, 5.74) is 1.05. The van der Waals surface area contributed by atoms with Crippen LogP contribution in [0.15, 0.2) is 47.5 Å². The first-order valence-corrected chi connectivity index (χ1v) is 9.28. The van der Waals surface area contributed by atoms with Gasteiger partial charge >= 0.3 is 0 Å². The summed E-state index contributed by atoms with van der Waals surface area (Å²) >= 11 is 0. The lowest BCUT2D eigenvalue weighted by molar-refractivity contribution is 0.414. The summed E-state index contributed by atoms with van der Waals surface area (Å²) in [5, 5.41) is 3.17. The number of ether oxygens (including phenoxy) is 1. The van der Waals surface area contributed by atoms with Crippen LogP contribution in [0.1, 0.15) is 19.4 Å². The van der Waals surface area contributed by atoms with Crippen LogP contribution in [0.25, 0.3) is 0 Å². The van der Waals surface area contributed by atoms with Crippen molar-refractivity contribution in [3.05, 3.63) is 48.2 Å². The van der Waals surface area contributed by atoms with Crippen LogP contribution in [0, 0.1) is 0 Å². The standard InChI is InChI=1S/C17H23N3O3S/c1-4-20(5-2)24(21,22)16-9-10-17(19-13-16)18-12-14-7-6-8-15(11-14)23-3/h6-11,13H,4-5,12H2,1-3H3,(H,18,19). The molecule has 24 heavy (non-hydrogen) atoms. The van der Waals surface area contributed by atoms with Crippen LogP contribution in [-0.2, 0) is 16.6 Å². The zero-order chi connectivity index (χ0) is 17.6. The van der Waals surface area contributed by atoms with Gasteiger partial charge in [0.1, 0.15) is 16.5 Å². The van der Waals surface area contributed by atoms with E-state index in [1.54, 1.807) is 19.2 Å². The van der Waals surface area contributed by atoms with Crippen molar-refractivity contribution in [1.82, 2.24) is 9.29 Å². The number of benzene rings is 1. The van der Waals surface area contributed by atoms with Crippen LogP contribution < -0.4 is 10.1 Å². The summed E-state index contributed by atoms with van der Waals surface area (Å²) < 4.78 is 31.4. The van der Waals surface area contributed by atoms with E-state index >= 15 is 0 Å². The van der Waals surface area contributed by atoms with Crippen molar-refractivity contribution in [2.45, 2.75) is 25.3 Å².